The quantitative estimate of drug-likeness (QED) is 0.619. The molecule has 1 rings (SSSR count). The summed E-state index contributed by atoms with van der Waals surface area (Å²) in [7, 11) is 2.25. The minimum Gasteiger partial charge on any atom is -0.303 e. The first-order chi connectivity index (χ1) is 6.84. The van der Waals surface area contributed by atoms with Gasteiger partial charge in [-0.1, -0.05) is 39.2 Å². The van der Waals surface area contributed by atoms with Crippen LogP contribution in [0.1, 0.15) is 52.4 Å². The van der Waals surface area contributed by atoms with Crippen molar-refractivity contribution in [2.75, 3.05) is 13.6 Å². The summed E-state index contributed by atoms with van der Waals surface area (Å²) in [5.74, 6) is 0. The maximum absolute atomic E-state index is 3.75. The smallest absolute Gasteiger partial charge is 0.00923 e. The second kappa shape index (κ2) is 9.26. The Labute approximate surface area is 90.2 Å². The van der Waals surface area contributed by atoms with Gasteiger partial charge < -0.3 is 4.90 Å². The van der Waals surface area contributed by atoms with Gasteiger partial charge in [-0.2, -0.15) is 0 Å². The van der Waals surface area contributed by atoms with Crippen molar-refractivity contribution < 1.29 is 0 Å². The van der Waals surface area contributed by atoms with Crippen molar-refractivity contribution in [3.8, 4) is 0 Å². The van der Waals surface area contributed by atoms with Crippen molar-refractivity contribution in [2.45, 2.75) is 58.4 Å². The van der Waals surface area contributed by atoms with Gasteiger partial charge in [-0.3, -0.25) is 0 Å². The van der Waals surface area contributed by atoms with Gasteiger partial charge in [0.05, 0.1) is 0 Å². The lowest BCUT2D eigenvalue weighted by Crippen LogP contribution is -2.33. The van der Waals surface area contributed by atoms with Gasteiger partial charge in [0.1, 0.15) is 0 Å². The molecule has 1 aliphatic rings. The minimum atomic E-state index is 0.860. The van der Waals surface area contributed by atoms with E-state index in [4.69, 9.17) is 0 Å². The molecule has 1 heteroatoms. The maximum atomic E-state index is 3.75. The molecule has 0 aliphatic heterocycles. The van der Waals surface area contributed by atoms with Crippen LogP contribution in [0.4, 0.5) is 0 Å². The number of nitrogens with zero attached hydrogens (tertiary/aromatic N) is 1. The first-order valence-corrected chi connectivity index (χ1v) is 6.15. The van der Waals surface area contributed by atoms with E-state index in [-0.39, 0.29) is 0 Å². The van der Waals surface area contributed by atoms with E-state index >= 15 is 0 Å². The maximum Gasteiger partial charge on any atom is 0.00923 e. The van der Waals surface area contributed by atoms with Crippen LogP contribution in [0.3, 0.4) is 0 Å². The summed E-state index contributed by atoms with van der Waals surface area (Å²) in [5.41, 5.74) is 0. The average molecular weight is 197 g/mol. The average Bonchev–Trinajstić information content (AvgIpc) is 2.30. The Morgan fingerprint density at radius 1 is 1.21 bits per heavy atom. The molecular weight excluding hydrogens is 170 g/mol. The molecule has 1 saturated carbocycles. The van der Waals surface area contributed by atoms with E-state index < -0.39 is 0 Å². The fourth-order valence-electron chi connectivity index (χ4n) is 2.00. The fraction of sp³-hybridized carbons (Fsp3) is 0.846. The third-order valence-electron chi connectivity index (χ3n) is 2.88. The Morgan fingerprint density at radius 3 is 2.29 bits per heavy atom. The summed E-state index contributed by atoms with van der Waals surface area (Å²) < 4.78 is 0. The lowest BCUT2D eigenvalue weighted by atomic mass is 9.94. The Bertz CT molecular complexity index is 125. The molecule has 0 unspecified atom stereocenters. The topological polar surface area (TPSA) is 3.24 Å². The van der Waals surface area contributed by atoms with E-state index in [2.05, 4.69) is 18.5 Å². The molecule has 0 spiro atoms. The van der Waals surface area contributed by atoms with Gasteiger partial charge in [-0.05, 0) is 26.3 Å². The third kappa shape index (κ3) is 5.43. The lowest BCUT2D eigenvalue weighted by molar-refractivity contribution is 0.195. The van der Waals surface area contributed by atoms with Crippen molar-refractivity contribution in [2.24, 2.45) is 0 Å². The Balaban J connectivity index is 0.000000791. The molecule has 0 aromatic rings. The summed E-state index contributed by atoms with van der Waals surface area (Å²) in [5, 5.41) is 0. The molecule has 0 amide bonds. The highest BCUT2D eigenvalue weighted by Crippen LogP contribution is 2.21. The van der Waals surface area contributed by atoms with Crippen molar-refractivity contribution >= 4 is 0 Å². The summed E-state index contributed by atoms with van der Waals surface area (Å²) in [4.78, 5) is 2.50. The molecule has 0 radical (unpaired) electrons. The van der Waals surface area contributed by atoms with Gasteiger partial charge in [0, 0.05) is 12.6 Å². The Hall–Kier alpha value is -0.300. The molecule has 0 aromatic carbocycles. The van der Waals surface area contributed by atoms with Gasteiger partial charge in [0.15, 0.2) is 0 Å². The largest absolute Gasteiger partial charge is 0.303 e. The van der Waals surface area contributed by atoms with Crippen LogP contribution in [0.25, 0.3) is 0 Å². The van der Waals surface area contributed by atoms with Crippen LogP contribution >= 0.6 is 0 Å². The zero-order valence-electron chi connectivity index (χ0n) is 10.3. The van der Waals surface area contributed by atoms with E-state index in [0.717, 1.165) is 12.5 Å². The van der Waals surface area contributed by atoms with Crippen LogP contribution in [-0.4, -0.2) is 24.5 Å². The monoisotopic (exact) mass is 197 g/mol. The minimum absolute atomic E-state index is 0.860. The molecule has 84 valence electrons. The summed E-state index contributed by atoms with van der Waals surface area (Å²) in [6.07, 6.45) is 10.3. The first-order valence-electron chi connectivity index (χ1n) is 6.15. The Kier molecular flexibility index (Phi) is 9.06. The predicted molar refractivity (Wildman–Crippen MR) is 65.7 cm³/mol. The zero-order chi connectivity index (χ0) is 10.8. The van der Waals surface area contributed by atoms with Crippen molar-refractivity contribution in [1.29, 1.82) is 0 Å². The SMILES string of the molecule is C=CCCN(C)C1CCCCC1.CC. The van der Waals surface area contributed by atoms with E-state index in [1.165, 1.54) is 38.6 Å². The molecule has 1 aliphatic carbocycles. The van der Waals surface area contributed by atoms with Gasteiger partial charge in [0.25, 0.3) is 0 Å². The number of hydrogen-bond acceptors (Lipinski definition) is 1. The number of rotatable bonds is 4. The predicted octanol–water partition coefficient (Wildman–Crippen LogP) is 3.85. The van der Waals surface area contributed by atoms with Crippen LogP contribution in [0, 0.1) is 0 Å². The zero-order valence-corrected chi connectivity index (χ0v) is 10.3. The third-order valence-corrected chi connectivity index (χ3v) is 2.88. The second-order valence-corrected chi connectivity index (χ2v) is 3.85. The van der Waals surface area contributed by atoms with Gasteiger partial charge in [-0.25, -0.2) is 0 Å². The molecule has 1 nitrogen and oxygen atoms in total. The lowest BCUT2D eigenvalue weighted by Gasteiger charge is -2.30. The van der Waals surface area contributed by atoms with Crippen molar-refractivity contribution in [3.05, 3.63) is 12.7 Å². The van der Waals surface area contributed by atoms with E-state index in [0.29, 0.717) is 0 Å². The molecule has 0 atom stereocenters. The van der Waals surface area contributed by atoms with Gasteiger partial charge >= 0.3 is 0 Å². The molecule has 0 bridgehead atoms. The van der Waals surface area contributed by atoms with Crippen molar-refractivity contribution in [3.63, 3.8) is 0 Å². The van der Waals surface area contributed by atoms with Crippen LogP contribution in [0.15, 0.2) is 12.7 Å². The first kappa shape index (κ1) is 13.7. The highest BCUT2D eigenvalue weighted by Gasteiger charge is 2.16. The molecule has 14 heavy (non-hydrogen) atoms. The van der Waals surface area contributed by atoms with E-state index in [1.54, 1.807) is 0 Å². The summed E-state index contributed by atoms with van der Waals surface area (Å²) >= 11 is 0. The van der Waals surface area contributed by atoms with Crippen LogP contribution in [-0.2, 0) is 0 Å². The van der Waals surface area contributed by atoms with Crippen LogP contribution < -0.4 is 0 Å². The van der Waals surface area contributed by atoms with Gasteiger partial charge in [-0.15, -0.1) is 6.58 Å². The summed E-state index contributed by atoms with van der Waals surface area (Å²) in [6, 6.07) is 0.860. The standard InChI is InChI=1S/C11H21N.C2H6/c1-3-4-10-12(2)11-8-6-5-7-9-11;1-2/h3,11H,1,4-10H2,2H3;1-2H3. The molecular formula is C13H27N. The van der Waals surface area contributed by atoms with E-state index in [1.807, 2.05) is 19.9 Å². The van der Waals surface area contributed by atoms with Gasteiger partial charge in [0.2, 0.25) is 0 Å². The fourth-order valence-corrected chi connectivity index (χ4v) is 2.00. The van der Waals surface area contributed by atoms with Crippen molar-refractivity contribution in [1.82, 2.24) is 4.90 Å². The number of hydrogen-bond donors (Lipinski definition) is 0. The molecule has 1 fully saturated rings. The second-order valence-electron chi connectivity index (χ2n) is 3.85. The molecule has 0 heterocycles. The molecule has 0 N–H and O–H groups in total. The normalized spacial score (nSPS) is 17.4. The highest BCUT2D eigenvalue weighted by atomic mass is 15.1. The van der Waals surface area contributed by atoms with Crippen LogP contribution in [0.2, 0.25) is 0 Å². The van der Waals surface area contributed by atoms with Crippen LogP contribution in [0.5, 0.6) is 0 Å². The Morgan fingerprint density at radius 2 is 1.79 bits per heavy atom. The molecule has 0 aromatic heterocycles. The molecule has 0 saturated heterocycles. The highest BCUT2D eigenvalue weighted by molar-refractivity contribution is 4.76. The summed E-state index contributed by atoms with van der Waals surface area (Å²) in [6.45, 7) is 8.94. The van der Waals surface area contributed by atoms with E-state index in [9.17, 15) is 0 Å².